The van der Waals surface area contributed by atoms with Gasteiger partial charge in [-0.15, -0.1) is 0 Å². The lowest BCUT2D eigenvalue weighted by molar-refractivity contribution is -0.139. The van der Waals surface area contributed by atoms with Crippen LogP contribution in [-0.2, 0) is 9.59 Å². The van der Waals surface area contributed by atoms with E-state index in [0.29, 0.717) is 22.9 Å². The summed E-state index contributed by atoms with van der Waals surface area (Å²) in [6.07, 6.45) is 17.6. The predicted molar refractivity (Wildman–Crippen MR) is 164 cm³/mol. The fraction of sp³-hybridized carbons (Fsp3) is 0.529. The average Bonchev–Trinajstić information content (AvgIpc) is 3.22. The zero-order valence-electron chi connectivity index (χ0n) is 24.3. The Hall–Kier alpha value is -2.79. The number of aliphatic hydroxyl groups excluding tert-OH is 1. The van der Waals surface area contributed by atoms with Gasteiger partial charge in [-0.3, -0.25) is 9.59 Å². The summed E-state index contributed by atoms with van der Waals surface area (Å²) in [6, 6.07) is 13.3. The maximum Gasteiger partial charge on any atom is 0.295 e. The monoisotopic (exact) mass is 567 g/mol. The van der Waals surface area contributed by atoms with Crippen LogP contribution in [-0.4, -0.2) is 35.4 Å². The van der Waals surface area contributed by atoms with E-state index in [0.717, 1.165) is 24.8 Å². The molecule has 1 fully saturated rings. The zero-order valence-corrected chi connectivity index (χ0v) is 25.1. The highest BCUT2D eigenvalue weighted by molar-refractivity contribution is 6.46. The lowest BCUT2D eigenvalue weighted by Gasteiger charge is -2.25. The molecule has 0 aromatic heterocycles. The molecule has 0 bridgehead atoms. The van der Waals surface area contributed by atoms with Crippen LogP contribution >= 0.6 is 11.6 Å². The van der Waals surface area contributed by atoms with Crippen LogP contribution in [0.3, 0.4) is 0 Å². The van der Waals surface area contributed by atoms with Gasteiger partial charge >= 0.3 is 0 Å². The molecule has 1 aliphatic rings. The molecule has 0 unspecified atom stereocenters. The molecule has 3 rings (SSSR count). The lowest BCUT2D eigenvalue weighted by atomic mass is 9.95. The van der Waals surface area contributed by atoms with Gasteiger partial charge in [-0.1, -0.05) is 114 Å². The van der Waals surface area contributed by atoms with Crippen LogP contribution in [0.15, 0.2) is 54.1 Å². The van der Waals surface area contributed by atoms with E-state index in [9.17, 15) is 14.7 Å². The molecule has 2 aromatic carbocycles. The summed E-state index contributed by atoms with van der Waals surface area (Å²) in [5.74, 6) is -0.714. The predicted octanol–water partition coefficient (Wildman–Crippen LogP) is 9.25. The third-order valence-electron chi connectivity index (χ3n) is 7.84. The number of aliphatic hydroxyl groups is 1. The number of ketones is 1. The highest BCUT2D eigenvalue weighted by Crippen LogP contribution is 2.40. The van der Waals surface area contributed by atoms with Crippen molar-refractivity contribution < 1.29 is 19.4 Å². The summed E-state index contributed by atoms with van der Waals surface area (Å²) >= 11 is 6.02. The molecule has 1 aliphatic heterocycles. The zero-order chi connectivity index (χ0) is 28.7. The first-order chi connectivity index (χ1) is 19.5. The molecule has 5 nitrogen and oxygen atoms in total. The number of ether oxygens (including phenoxy) is 1. The Labute approximate surface area is 245 Å². The van der Waals surface area contributed by atoms with Crippen LogP contribution < -0.4 is 4.74 Å². The van der Waals surface area contributed by atoms with Crippen LogP contribution in [0.5, 0.6) is 5.75 Å². The van der Waals surface area contributed by atoms with Gasteiger partial charge in [0.25, 0.3) is 11.7 Å². The van der Waals surface area contributed by atoms with Gasteiger partial charge in [-0.05, 0) is 48.4 Å². The summed E-state index contributed by atoms with van der Waals surface area (Å²) in [4.78, 5) is 28.0. The van der Waals surface area contributed by atoms with Crippen molar-refractivity contribution in [1.82, 2.24) is 4.90 Å². The van der Waals surface area contributed by atoms with E-state index in [1.807, 2.05) is 24.3 Å². The molecule has 1 amide bonds. The quantitative estimate of drug-likeness (QED) is 0.0843. The molecule has 218 valence electrons. The van der Waals surface area contributed by atoms with Gasteiger partial charge in [-0.25, -0.2) is 0 Å². The first-order valence-electron chi connectivity index (χ1n) is 15.2. The number of unbranched alkanes of at least 4 members (excludes halogenated alkanes) is 13. The van der Waals surface area contributed by atoms with Gasteiger partial charge in [-0.2, -0.15) is 0 Å². The van der Waals surface area contributed by atoms with Gasteiger partial charge in [0.05, 0.1) is 18.7 Å². The molecule has 0 radical (unpaired) electrons. The Morgan fingerprint density at radius 3 is 1.77 bits per heavy atom. The lowest BCUT2D eigenvalue weighted by Crippen LogP contribution is -2.30. The third-order valence-corrected chi connectivity index (χ3v) is 8.09. The standard InChI is InChI=1S/C34H46ClNO4/c1-3-4-5-6-7-8-9-10-11-12-13-14-15-16-25-36-31(26-19-23-29(40-2)24-20-26)30(33(38)34(36)39)32(37)27-17-21-28(35)22-18-27/h17-24,31,37H,3-16,25H2,1-2H3/t31-/m0/s1. The van der Waals surface area contributed by atoms with Crippen LogP contribution in [0.2, 0.25) is 5.02 Å². The molecular weight excluding hydrogens is 522 g/mol. The van der Waals surface area contributed by atoms with E-state index in [1.54, 1.807) is 36.3 Å². The summed E-state index contributed by atoms with van der Waals surface area (Å²) in [7, 11) is 1.59. The number of hydrogen-bond donors (Lipinski definition) is 1. The minimum Gasteiger partial charge on any atom is -0.507 e. The second-order valence-corrected chi connectivity index (χ2v) is 11.3. The topological polar surface area (TPSA) is 66.8 Å². The minimum absolute atomic E-state index is 0.114. The van der Waals surface area contributed by atoms with Crippen molar-refractivity contribution in [3.05, 3.63) is 70.3 Å². The highest BCUT2D eigenvalue weighted by Gasteiger charge is 2.45. The van der Waals surface area contributed by atoms with Gasteiger partial charge in [0.15, 0.2) is 0 Å². The normalized spacial score (nSPS) is 16.6. The fourth-order valence-electron chi connectivity index (χ4n) is 5.48. The maximum atomic E-state index is 13.2. The largest absolute Gasteiger partial charge is 0.507 e. The molecule has 0 saturated carbocycles. The first kappa shape index (κ1) is 31.7. The maximum absolute atomic E-state index is 13.2. The van der Waals surface area contributed by atoms with E-state index < -0.39 is 17.7 Å². The third kappa shape index (κ3) is 9.12. The average molecular weight is 568 g/mol. The van der Waals surface area contributed by atoms with Crippen molar-refractivity contribution in [2.24, 2.45) is 0 Å². The van der Waals surface area contributed by atoms with Crippen molar-refractivity contribution in [2.45, 2.75) is 103 Å². The number of benzene rings is 2. The van der Waals surface area contributed by atoms with Crippen molar-refractivity contribution in [3.8, 4) is 5.75 Å². The number of Topliss-reactive ketones (excluding diaryl/α,β-unsaturated/α-hetero) is 1. The molecule has 1 N–H and O–H groups in total. The number of methoxy groups -OCH3 is 1. The Morgan fingerprint density at radius 1 is 0.775 bits per heavy atom. The number of halogens is 1. The highest BCUT2D eigenvalue weighted by atomic mass is 35.5. The molecular formula is C34H46ClNO4. The van der Waals surface area contributed by atoms with E-state index in [1.165, 1.54) is 70.6 Å². The summed E-state index contributed by atoms with van der Waals surface area (Å²) in [5.41, 5.74) is 1.33. The van der Waals surface area contributed by atoms with Crippen molar-refractivity contribution in [1.29, 1.82) is 0 Å². The fourth-order valence-corrected chi connectivity index (χ4v) is 5.61. The number of nitrogens with zero attached hydrogens (tertiary/aromatic N) is 1. The molecule has 6 heteroatoms. The first-order valence-corrected chi connectivity index (χ1v) is 15.5. The Kier molecular flexibility index (Phi) is 13.6. The number of carbonyl (C=O) groups is 2. The Balaban J connectivity index is 1.55. The molecule has 40 heavy (non-hydrogen) atoms. The number of amides is 1. The van der Waals surface area contributed by atoms with Crippen LogP contribution in [0.25, 0.3) is 5.76 Å². The van der Waals surface area contributed by atoms with E-state index in [2.05, 4.69) is 6.92 Å². The van der Waals surface area contributed by atoms with E-state index in [4.69, 9.17) is 16.3 Å². The van der Waals surface area contributed by atoms with Crippen molar-refractivity contribution >= 4 is 29.1 Å². The number of hydrogen-bond acceptors (Lipinski definition) is 4. The summed E-state index contributed by atoms with van der Waals surface area (Å²) < 4.78 is 5.29. The number of carbonyl (C=O) groups excluding carboxylic acids is 2. The summed E-state index contributed by atoms with van der Waals surface area (Å²) in [5, 5.41) is 11.7. The van der Waals surface area contributed by atoms with Crippen LogP contribution in [0.4, 0.5) is 0 Å². The van der Waals surface area contributed by atoms with Gasteiger partial charge in [0, 0.05) is 17.1 Å². The molecule has 1 atom stereocenters. The van der Waals surface area contributed by atoms with Crippen molar-refractivity contribution in [2.75, 3.05) is 13.7 Å². The second kappa shape index (κ2) is 17.1. The van der Waals surface area contributed by atoms with Crippen molar-refractivity contribution in [3.63, 3.8) is 0 Å². The smallest absolute Gasteiger partial charge is 0.295 e. The van der Waals surface area contributed by atoms with E-state index >= 15 is 0 Å². The van der Waals surface area contributed by atoms with Crippen LogP contribution in [0, 0.1) is 0 Å². The Morgan fingerprint density at radius 2 is 1.27 bits per heavy atom. The molecule has 0 spiro atoms. The minimum atomic E-state index is -0.654. The number of rotatable bonds is 18. The van der Waals surface area contributed by atoms with Gasteiger partial charge in [0.1, 0.15) is 11.5 Å². The molecule has 2 aromatic rings. The second-order valence-electron chi connectivity index (χ2n) is 10.9. The molecule has 1 heterocycles. The molecule has 0 aliphatic carbocycles. The Bertz CT molecular complexity index is 1090. The number of likely N-dealkylation sites (tertiary alicyclic amines) is 1. The summed E-state index contributed by atoms with van der Waals surface area (Å²) in [6.45, 7) is 2.73. The van der Waals surface area contributed by atoms with Crippen LogP contribution in [0.1, 0.15) is 114 Å². The van der Waals surface area contributed by atoms with E-state index in [-0.39, 0.29) is 11.3 Å². The van der Waals surface area contributed by atoms with Gasteiger partial charge in [0.2, 0.25) is 0 Å². The molecule has 1 saturated heterocycles. The SMILES string of the molecule is CCCCCCCCCCCCCCCCN1C(=O)C(=O)C(=C(O)c2ccc(Cl)cc2)[C@@H]1c1ccc(OC)cc1. The van der Waals surface area contributed by atoms with Gasteiger partial charge < -0.3 is 14.7 Å².